The van der Waals surface area contributed by atoms with Gasteiger partial charge >= 0.3 is 0 Å². The molecule has 1 heterocycles. The average Bonchev–Trinajstić information content (AvgIpc) is 2.28. The topological polar surface area (TPSA) is 66.5 Å². The molecule has 2 atom stereocenters. The smallest absolute Gasteiger partial charge is 0.211 e. The minimum absolute atomic E-state index is 0.00334. The first kappa shape index (κ1) is 15.6. The summed E-state index contributed by atoms with van der Waals surface area (Å²) in [5.41, 5.74) is 0. The largest absolute Gasteiger partial charge is 0.319 e. The molecule has 1 saturated heterocycles. The van der Waals surface area contributed by atoms with Crippen molar-refractivity contribution in [2.24, 2.45) is 11.8 Å². The van der Waals surface area contributed by atoms with Crippen LogP contribution < -0.4 is 5.32 Å². The minimum Gasteiger partial charge on any atom is -0.319 e. The molecule has 0 saturated carbocycles. The van der Waals surface area contributed by atoms with Crippen LogP contribution in [0.15, 0.2) is 0 Å². The molecule has 0 aromatic rings. The molecule has 0 aliphatic carbocycles. The van der Waals surface area contributed by atoms with Crippen molar-refractivity contribution in [3.05, 3.63) is 0 Å². The highest BCUT2D eigenvalue weighted by molar-refractivity contribution is 7.88. The lowest BCUT2D eigenvalue weighted by molar-refractivity contribution is -0.123. The van der Waals surface area contributed by atoms with E-state index in [1.807, 2.05) is 14.0 Å². The van der Waals surface area contributed by atoms with Gasteiger partial charge in [-0.2, -0.15) is 0 Å². The number of piperidine rings is 1. The zero-order chi connectivity index (χ0) is 13.8. The van der Waals surface area contributed by atoms with Gasteiger partial charge in [-0.05, 0) is 25.8 Å². The lowest BCUT2D eigenvalue weighted by Crippen LogP contribution is -2.40. The predicted octanol–water partition coefficient (Wildman–Crippen LogP) is 0.473. The normalized spacial score (nSPS) is 23.8. The molecule has 0 aromatic heterocycles. The number of carbonyl (C=O) groups is 1. The van der Waals surface area contributed by atoms with Crippen LogP contribution in [0.5, 0.6) is 0 Å². The zero-order valence-corrected chi connectivity index (χ0v) is 12.3. The molecule has 1 rings (SSSR count). The van der Waals surface area contributed by atoms with Gasteiger partial charge in [-0.25, -0.2) is 12.7 Å². The number of nitrogens with one attached hydrogen (secondary N) is 1. The quantitative estimate of drug-likeness (QED) is 0.766. The molecule has 1 aliphatic heterocycles. The van der Waals surface area contributed by atoms with Crippen LogP contribution in [-0.4, -0.2) is 51.4 Å². The summed E-state index contributed by atoms with van der Waals surface area (Å²) in [6.45, 7) is 3.68. The summed E-state index contributed by atoms with van der Waals surface area (Å²) in [6.07, 6.45) is 3.53. The van der Waals surface area contributed by atoms with Crippen molar-refractivity contribution >= 4 is 15.8 Å². The fraction of sp³-hybridized carbons (Fsp3) is 0.917. The average molecular weight is 276 g/mol. The number of hydrogen-bond donors (Lipinski definition) is 1. The van der Waals surface area contributed by atoms with Crippen LogP contribution in [-0.2, 0) is 14.8 Å². The number of carbonyl (C=O) groups excluding carboxylic acids is 1. The van der Waals surface area contributed by atoms with E-state index >= 15 is 0 Å². The first-order chi connectivity index (χ1) is 8.34. The summed E-state index contributed by atoms with van der Waals surface area (Å²) >= 11 is 0. The van der Waals surface area contributed by atoms with E-state index in [0.717, 1.165) is 12.8 Å². The Hall–Kier alpha value is -0.460. The Morgan fingerprint density at radius 1 is 1.50 bits per heavy atom. The second-order valence-corrected chi connectivity index (χ2v) is 7.24. The first-order valence-electron chi connectivity index (χ1n) is 6.47. The van der Waals surface area contributed by atoms with Crippen LogP contribution >= 0.6 is 0 Å². The van der Waals surface area contributed by atoms with Gasteiger partial charge in [-0.3, -0.25) is 4.79 Å². The van der Waals surface area contributed by atoms with Crippen molar-refractivity contribution in [2.45, 2.75) is 26.2 Å². The monoisotopic (exact) mass is 276 g/mol. The number of Topliss-reactive ketones (excluding diaryl/α,β-unsaturated/α-hetero) is 1. The van der Waals surface area contributed by atoms with Crippen LogP contribution in [0.2, 0.25) is 0 Å². The van der Waals surface area contributed by atoms with Crippen LogP contribution in [0.3, 0.4) is 0 Å². The van der Waals surface area contributed by atoms with E-state index in [4.69, 9.17) is 0 Å². The van der Waals surface area contributed by atoms with E-state index in [1.54, 1.807) is 0 Å². The molecular weight excluding hydrogens is 252 g/mol. The van der Waals surface area contributed by atoms with E-state index in [1.165, 1.54) is 10.6 Å². The minimum atomic E-state index is -3.12. The first-order valence-corrected chi connectivity index (χ1v) is 8.32. The SMILES string of the molecule is CNCC(C)C(=O)CC1CCCN(S(C)(=O)=O)C1. The van der Waals surface area contributed by atoms with Gasteiger partial charge in [0, 0.05) is 32.0 Å². The van der Waals surface area contributed by atoms with E-state index in [2.05, 4.69) is 5.32 Å². The lowest BCUT2D eigenvalue weighted by atomic mass is 9.90. The summed E-state index contributed by atoms with van der Waals surface area (Å²) in [5, 5.41) is 2.99. The molecule has 0 radical (unpaired) electrons. The molecule has 18 heavy (non-hydrogen) atoms. The maximum atomic E-state index is 11.9. The third kappa shape index (κ3) is 4.66. The fourth-order valence-electron chi connectivity index (χ4n) is 2.40. The molecule has 6 heteroatoms. The highest BCUT2D eigenvalue weighted by Gasteiger charge is 2.28. The van der Waals surface area contributed by atoms with Crippen molar-refractivity contribution in [3.63, 3.8) is 0 Å². The molecule has 0 aromatic carbocycles. The number of rotatable bonds is 6. The molecule has 2 unspecified atom stereocenters. The van der Waals surface area contributed by atoms with Gasteiger partial charge in [0.1, 0.15) is 5.78 Å². The number of hydrogen-bond acceptors (Lipinski definition) is 4. The molecule has 0 spiro atoms. The van der Waals surface area contributed by atoms with Gasteiger partial charge < -0.3 is 5.32 Å². The van der Waals surface area contributed by atoms with Gasteiger partial charge in [0.15, 0.2) is 0 Å². The van der Waals surface area contributed by atoms with Gasteiger partial charge in [-0.15, -0.1) is 0 Å². The van der Waals surface area contributed by atoms with E-state index in [-0.39, 0.29) is 17.6 Å². The fourth-order valence-corrected chi connectivity index (χ4v) is 3.34. The number of ketones is 1. The second-order valence-electron chi connectivity index (χ2n) is 5.26. The van der Waals surface area contributed by atoms with E-state index in [0.29, 0.717) is 26.1 Å². The van der Waals surface area contributed by atoms with Gasteiger partial charge in [-0.1, -0.05) is 6.92 Å². The molecule has 5 nitrogen and oxygen atoms in total. The molecular formula is C12H24N2O3S. The highest BCUT2D eigenvalue weighted by Crippen LogP contribution is 2.22. The summed E-state index contributed by atoms with van der Waals surface area (Å²) in [5.74, 6) is 0.411. The van der Waals surface area contributed by atoms with Crippen molar-refractivity contribution in [3.8, 4) is 0 Å². The van der Waals surface area contributed by atoms with Crippen LogP contribution in [0.4, 0.5) is 0 Å². The Balaban J connectivity index is 2.50. The molecule has 1 aliphatic rings. The van der Waals surface area contributed by atoms with Crippen molar-refractivity contribution in [1.82, 2.24) is 9.62 Å². The third-order valence-corrected chi connectivity index (χ3v) is 4.77. The Morgan fingerprint density at radius 3 is 2.72 bits per heavy atom. The Morgan fingerprint density at radius 2 is 2.17 bits per heavy atom. The molecule has 106 valence electrons. The van der Waals surface area contributed by atoms with Crippen LogP contribution in [0.25, 0.3) is 0 Å². The van der Waals surface area contributed by atoms with Crippen molar-refractivity contribution in [2.75, 3.05) is 32.9 Å². The summed E-state index contributed by atoms with van der Waals surface area (Å²) in [7, 11) is -1.29. The molecule has 0 amide bonds. The lowest BCUT2D eigenvalue weighted by Gasteiger charge is -2.31. The van der Waals surface area contributed by atoms with Crippen molar-refractivity contribution < 1.29 is 13.2 Å². The van der Waals surface area contributed by atoms with Crippen LogP contribution in [0.1, 0.15) is 26.2 Å². The Kier molecular flexibility index (Phi) is 5.75. The van der Waals surface area contributed by atoms with Gasteiger partial charge in [0.25, 0.3) is 0 Å². The third-order valence-electron chi connectivity index (χ3n) is 3.50. The second kappa shape index (κ2) is 6.63. The van der Waals surface area contributed by atoms with E-state index in [9.17, 15) is 13.2 Å². The molecule has 1 fully saturated rings. The summed E-state index contributed by atoms with van der Waals surface area (Å²) in [6, 6.07) is 0. The molecule has 1 N–H and O–H groups in total. The van der Waals surface area contributed by atoms with Gasteiger partial charge in [0.2, 0.25) is 10.0 Å². The number of sulfonamides is 1. The Bertz CT molecular complexity index is 381. The van der Waals surface area contributed by atoms with Crippen LogP contribution in [0, 0.1) is 11.8 Å². The zero-order valence-electron chi connectivity index (χ0n) is 11.5. The highest BCUT2D eigenvalue weighted by atomic mass is 32.2. The van der Waals surface area contributed by atoms with Gasteiger partial charge in [0.05, 0.1) is 6.26 Å². The van der Waals surface area contributed by atoms with Crippen molar-refractivity contribution in [1.29, 1.82) is 0 Å². The van der Waals surface area contributed by atoms with E-state index < -0.39 is 10.0 Å². The summed E-state index contributed by atoms with van der Waals surface area (Å²) < 4.78 is 24.5. The maximum absolute atomic E-state index is 11.9. The Labute approximate surface area is 110 Å². The standard InChI is InChI=1S/C12H24N2O3S/c1-10(8-13-2)12(15)7-11-5-4-6-14(9-11)18(3,16)17/h10-11,13H,4-9H2,1-3H3. The predicted molar refractivity (Wildman–Crippen MR) is 71.9 cm³/mol. The summed E-state index contributed by atoms with van der Waals surface area (Å²) in [4.78, 5) is 11.9. The molecule has 0 bridgehead atoms. The maximum Gasteiger partial charge on any atom is 0.211 e. The number of nitrogens with zero attached hydrogens (tertiary/aromatic N) is 1.